The summed E-state index contributed by atoms with van der Waals surface area (Å²) in [5.41, 5.74) is -0.718. The lowest BCUT2D eigenvalue weighted by Gasteiger charge is -2.34. The molecule has 32 heavy (non-hydrogen) atoms. The van der Waals surface area contributed by atoms with Crippen LogP contribution in [-0.4, -0.2) is 80.9 Å². The second kappa shape index (κ2) is 8.62. The third-order valence-electron chi connectivity index (χ3n) is 6.55. The number of urea groups is 1. The van der Waals surface area contributed by atoms with Crippen LogP contribution in [0.1, 0.15) is 38.0 Å². The smallest absolute Gasteiger partial charge is 0.325 e. The Balaban J connectivity index is 1.08. The van der Waals surface area contributed by atoms with Gasteiger partial charge in [0.05, 0.1) is 11.4 Å². The van der Waals surface area contributed by atoms with E-state index in [1.54, 1.807) is 16.2 Å². The first-order valence-electron chi connectivity index (χ1n) is 11.0. The largest absolute Gasteiger partial charge is 0.340 e. The Kier molecular flexibility index (Phi) is 5.68. The minimum Gasteiger partial charge on any atom is -0.340 e. The molecule has 4 heterocycles. The summed E-state index contributed by atoms with van der Waals surface area (Å²) in [5.74, 6) is 0.964. The van der Waals surface area contributed by atoms with Gasteiger partial charge in [0, 0.05) is 39.1 Å². The number of nitrogens with zero attached hydrogens (tertiary/aromatic N) is 5. The number of hydrogen-bond donors (Lipinski definition) is 1. The normalized spacial score (nSPS) is 21.0. The molecule has 3 aliphatic rings. The van der Waals surface area contributed by atoms with Gasteiger partial charge >= 0.3 is 6.03 Å². The van der Waals surface area contributed by atoms with Crippen molar-refractivity contribution in [2.75, 3.05) is 32.7 Å². The quantitative estimate of drug-likeness (QED) is 0.656. The minimum atomic E-state index is -0.718. The van der Waals surface area contributed by atoms with Gasteiger partial charge in [-0.15, -0.1) is 11.3 Å². The molecule has 1 saturated carbocycles. The monoisotopic (exact) mass is 458 g/mol. The summed E-state index contributed by atoms with van der Waals surface area (Å²) in [6.45, 7) is 3.27. The predicted octanol–water partition coefficient (Wildman–Crippen LogP) is 1.70. The Morgan fingerprint density at radius 3 is 2.69 bits per heavy atom. The Morgan fingerprint density at radius 1 is 1.19 bits per heavy atom. The molecule has 0 bridgehead atoms. The van der Waals surface area contributed by atoms with Crippen LogP contribution < -0.4 is 5.32 Å². The second-order valence-electron chi connectivity index (χ2n) is 8.57. The summed E-state index contributed by atoms with van der Waals surface area (Å²) in [7, 11) is 0. The van der Waals surface area contributed by atoms with Crippen molar-refractivity contribution in [3.8, 4) is 10.7 Å². The van der Waals surface area contributed by atoms with E-state index in [2.05, 4.69) is 20.4 Å². The SMILES string of the molecule is O=C(CCN1C(=O)NC2(CCCC2)C1=O)N1CCN(Cc2nc(-c3cccs3)no2)CC1. The van der Waals surface area contributed by atoms with Crippen molar-refractivity contribution in [1.82, 2.24) is 30.2 Å². The van der Waals surface area contributed by atoms with Crippen LogP contribution in [0.3, 0.4) is 0 Å². The standard InChI is InChI=1S/C21H26N6O4S/c28-17(5-8-27-19(29)21(23-20(27)30)6-1-2-7-21)26-11-9-25(10-12-26)14-16-22-18(24-31-16)15-4-3-13-32-15/h3-4,13H,1-2,5-12,14H2,(H,23,30). The van der Waals surface area contributed by atoms with Crippen LogP contribution in [-0.2, 0) is 16.1 Å². The molecule has 0 radical (unpaired) electrons. The first-order chi connectivity index (χ1) is 15.5. The van der Waals surface area contributed by atoms with E-state index in [9.17, 15) is 14.4 Å². The first-order valence-corrected chi connectivity index (χ1v) is 11.9. The molecule has 2 aliphatic heterocycles. The number of aromatic nitrogens is 2. The summed E-state index contributed by atoms with van der Waals surface area (Å²) in [6, 6.07) is 3.54. The molecular formula is C21H26N6O4S. The van der Waals surface area contributed by atoms with Crippen LogP contribution in [0.2, 0.25) is 0 Å². The van der Waals surface area contributed by atoms with E-state index in [0.29, 0.717) is 57.3 Å². The van der Waals surface area contributed by atoms with Gasteiger partial charge < -0.3 is 14.7 Å². The number of amides is 4. The highest BCUT2D eigenvalue weighted by atomic mass is 32.1. The number of imide groups is 1. The summed E-state index contributed by atoms with van der Waals surface area (Å²) >= 11 is 1.57. The van der Waals surface area contributed by atoms with E-state index >= 15 is 0 Å². The number of thiophene rings is 1. The van der Waals surface area contributed by atoms with Gasteiger partial charge in [-0.1, -0.05) is 24.1 Å². The Morgan fingerprint density at radius 2 is 1.97 bits per heavy atom. The van der Waals surface area contributed by atoms with Gasteiger partial charge in [-0.25, -0.2) is 4.79 Å². The molecule has 1 spiro atoms. The van der Waals surface area contributed by atoms with E-state index in [4.69, 9.17) is 4.52 Å². The molecule has 1 N–H and O–H groups in total. The van der Waals surface area contributed by atoms with Crippen LogP contribution in [0.15, 0.2) is 22.0 Å². The topological polar surface area (TPSA) is 112 Å². The van der Waals surface area contributed by atoms with Gasteiger partial charge in [0.25, 0.3) is 5.91 Å². The van der Waals surface area contributed by atoms with Crippen molar-refractivity contribution < 1.29 is 18.9 Å². The molecular weight excluding hydrogens is 432 g/mol. The zero-order chi connectivity index (χ0) is 22.1. The molecule has 4 amide bonds. The lowest BCUT2D eigenvalue weighted by Crippen LogP contribution is -2.49. The fraction of sp³-hybridized carbons (Fsp3) is 0.571. The molecule has 5 rings (SSSR count). The lowest BCUT2D eigenvalue weighted by atomic mass is 9.98. The van der Waals surface area contributed by atoms with E-state index in [1.165, 1.54) is 4.90 Å². The van der Waals surface area contributed by atoms with Gasteiger partial charge in [0.15, 0.2) is 0 Å². The second-order valence-corrected chi connectivity index (χ2v) is 9.52. The lowest BCUT2D eigenvalue weighted by molar-refractivity contribution is -0.134. The Labute approximate surface area is 189 Å². The fourth-order valence-corrected chi connectivity index (χ4v) is 5.38. The van der Waals surface area contributed by atoms with Crippen LogP contribution in [0, 0.1) is 0 Å². The van der Waals surface area contributed by atoms with Crippen molar-refractivity contribution in [1.29, 1.82) is 0 Å². The molecule has 11 heteroatoms. The highest BCUT2D eigenvalue weighted by Gasteiger charge is 2.52. The van der Waals surface area contributed by atoms with Crippen molar-refractivity contribution in [2.45, 2.75) is 44.2 Å². The summed E-state index contributed by atoms with van der Waals surface area (Å²) < 4.78 is 5.37. The maximum atomic E-state index is 12.7. The van der Waals surface area contributed by atoms with Crippen molar-refractivity contribution in [2.24, 2.45) is 0 Å². The number of piperazine rings is 1. The maximum Gasteiger partial charge on any atom is 0.325 e. The summed E-state index contributed by atoms with van der Waals surface area (Å²) in [6.07, 6.45) is 3.44. The van der Waals surface area contributed by atoms with Crippen molar-refractivity contribution in [3.05, 3.63) is 23.4 Å². The number of nitrogens with one attached hydrogen (secondary N) is 1. The number of hydrogen-bond acceptors (Lipinski definition) is 8. The highest BCUT2D eigenvalue weighted by molar-refractivity contribution is 7.13. The van der Waals surface area contributed by atoms with Crippen LogP contribution in [0.5, 0.6) is 0 Å². The predicted molar refractivity (Wildman–Crippen MR) is 116 cm³/mol. The molecule has 2 aromatic heterocycles. The van der Waals surface area contributed by atoms with E-state index < -0.39 is 5.54 Å². The first kappa shape index (κ1) is 21.1. The van der Waals surface area contributed by atoms with Crippen molar-refractivity contribution >= 4 is 29.2 Å². The summed E-state index contributed by atoms with van der Waals surface area (Å²) in [4.78, 5) is 48.3. The number of carbonyl (C=O) groups excluding carboxylic acids is 3. The molecule has 170 valence electrons. The zero-order valence-electron chi connectivity index (χ0n) is 17.8. The van der Waals surface area contributed by atoms with Crippen LogP contribution in [0.25, 0.3) is 10.7 Å². The molecule has 3 fully saturated rings. The molecule has 2 aromatic rings. The number of carbonyl (C=O) groups is 3. The zero-order valence-corrected chi connectivity index (χ0v) is 18.6. The van der Waals surface area contributed by atoms with Gasteiger partial charge in [0.1, 0.15) is 5.54 Å². The van der Waals surface area contributed by atoms with E-state index in [0.717, 1.165) is 17.7 Å². The minimum absolute atomic E-state index is 0.0320. The van der Waals surface area contributed by atoms with E-state index in [-0.39, 0.29) is 30.8 Å². The average molecular weight is 459 g/mol. The summed E-state index contributed by atoms with van der Waals surface area (Å²) in [5, 5.41) is 8.87. The van der Waals surface area contributed by atoms with Gasteiger partial charge in [-0.2, -0.15) is 4.98 Å². The number of rotatable bonds is 6. The van der Waals surface area contributed by atoms with Crippen LogP contribution in [0.4, 0.5) is 4.79 Å². The molecule has 0 unspecified atom stereocenters. The third kappa shape index (κ3) is 4.02. The van der Waals surface area contributed by atoms with Gasteiger partial charge in [0.2, 0.25) is 17.6 Å². The maximum absolute atomic E-state index is 12.7. The van der Waals surface area contributed by atoms with E-state index in [1.807, 2.05) is 17.5 Å². The molecule has 2 saturated heterocycles. The Hall–Kier alpha value is -2.79. The molecule has 10 nitrogen and oxygen atoms in total. The molecule has 0 atom stereocenters. The van der Waals surface area contributed by atoms with Crippen LogP contribution >= 0.6 is 11.3 Å². The van der Waals surface area contributed by atoms with Gasteiger partial charge in [-0.05, 0) is 24.3 Å². The van der Waals surface area contributed by atoms with Crippen molar-refractivity contribution in [3.63, 3.8) is 0 Å². The Bertz CT molecular complexity index is 992. The van der Waals surface area contributed by atoms with Gasteiger partial charge in [-0.3, -0.25) is 19.4 Å². The fourth-order valence-electron chi connectivity index (χ4n) is 4.73. The molecule has 1 aliphatic carbocycles. The average Bonchev–Trinajstić information content (AvgIpc) is 3.58. The highest BCUT2D eigenvalue weighted by Crippen LogP contribution is 2.35. The third-order valence-corrected chi connectivity index (χ3v) is 7.41. The molecule has 0 aromatic carbocycles.